The molecular formula is C20H30N2O3. The average molecular weight is 346 g/mol. The molecule has 3 rings (SSSR count). The molecule has 5 heteroatoms. The fourth-order valence-corrected chi connectivity index (χ4v) is 3.80. The van der Waals surface area contributed by atoms with Crippen LogP contribution in [0.25, 0.3) is 0 Å². The molecule has 1 heterocycles. The van der Waals surface area contributed by atoms with Crippen molar-refractivity contribution >= 4 is 6.09 Å². The number of nitrogens with zero attached hydrogens (tertiary/aromatic N) is 1. The second-order valence-electron chi connectivity index (χ2n) is 7.82. The molecule has 0 bridgehead atoms. The number of rotatable bonds is 5. The van der Waals surface area contributed by atoms with E-state index in [9.17, 15) is 4.79 Å². The van der Waals surface area contributed by atoms with E-state index in [1.165, 1.54) is 19.3 Å². The summed E-state index contributed by atoms with van der Waals surface area (Å²) in [5.41, 5.74) is 1.36. The number of carbonyl (C=O) groups is 1. The minimum Gasteiger partial charge on any atom is -0.445 e. The third-order valence-corrected chi connectivity index (χ3v) is 5.45. The SMILES string of the molecule is CC1(C)CCCC1NCC1CN(C(=O)OCc2ccccc2)CCO1. The standard InChI is InChI=1S/C20H30N2O3/c1-20(2)10-6-9-18(20)21-13-17-14-22(11-12-24-17)19(23)25-15-16-7-4-3-5-8-16/h3-5,7-8,17-18,21H,6,9-15H2,1-2H3. The summed E-state index contributed by atoms with van der Waals surface area (Å²) < 4.78 is 11.3. The monoisotopic (exact) mass is 346 g/mol. The second kappa shape index (κ2) is 8.19. The lowest BCUT2D eigenvalue weighted by Crippen LogP contribution is -2.51. The van der Waals surface area contributed by atoms with Gasteiger partial charge in [-0.05, 0) is 23.8 Å². The normalized spacial score (nSPS) is 25.8. The van der Waals surface area contributed by atoms with Gasteiger partial charge in [0.15, 0.2) is 0 Å². The first kappa shape index (κ1) is 18.2. The summed E-state index contributed by atoms with van der Waals surface area (Å²) in [5, 5.41) is 3.66. The van der Waals surface area contributed by atoms with Gasteiger partial charge in [0.1, 0.15) is 6.61 Å². The van der Waals surface area contributed by atoms with Crippen molar-refractivity contribution in [2.24, 2.45) is 5.41 Å². The highest BCUT2D eigenvalue weighted by Crippen LogP contribution is 2.37. The molecule has 1 aliphatic heterocycles. The fraction of sp³-hybridized carbons (Fsp3) is 0.650. The summed E-state index contributed by atoms with van der Waals surface area (Å²) in [7, 11) is 0. The van der Waals surface area contributed by atoms with Gasteiger partial charge in [-0.15, -0.1) is 0 Å². The van der Waals surface area contributed by atoms with Gasteiger partial charge in [-0.1, -0.05) is 50.6 Å². The highest BCUT2D eigenvalue weighted by atomic mass is 16.6. The molecule has 138 valence electrons. The molecular weight excluding hydrogens is 316 g/mol. The van der Waals surface area contributed by atoms with Crippen LogP contribution in [0.1, 0.15) is 38.7 Å². The van der Waals surface area contributed by atoms with E-state index in [4.69, 9.17) is 9.47 Å². The molecule has 1 aromatic rings. The van der Waals surface area contributed by atoms with Crippen molar-refractivity contribution in [2.75, 3.05) is 26.2 Å². The Morgan fingerprint density at radius 3 is 2.88 bits per heavy atom. The molecule has 1 saturated carbocycles. The average Bonchev–Trinajstić information content (AvgIpc) is 2.97. The summed E-state index contributed by atoms with van der Waals surface area (Å²) in [6.45, 7) is 7.51. The Hall–Kier alpha value is -1.59. The highest BCUT2D eigenvalue weighted by molar-refractivity contribution is 5.67. The summed E-state index contributed by atoms with van der Waals surface area (Å²) in [6.07, 6.45) is 3.57. The van der Waals surface area contributed by atoms with Crippen LogP contribution in [-0.2, 0) is 16.1 Å². The van der Waals surface area contributed by atoms with Gasteiger partial charge in [-0.25, -0.2) is 4.79 Å². The van der Waals surface area contributed by atoms with Crippen molar-refractivity contribution in [1.29, 1.82) is 0 Å². The second-order valence-corrected chi connectivity index (χ2v) is 7.82. The maximum absolute atomic E-state index is 12.3. The summed E-state index contributed by atoms with van der Waals surface area (Å²) >= 11 is 0. The Bertz CT molecular complexity index is 561. The molecule has 0 radical (unpaired) electrons. The van der Waals surface area contributed by atoms with Gasteiger partial charge < -0.3 is 19.7 Å². The van der Waals surface area contributed by atoms with Crippen molar-refractivity contribution in [2.45, 2.75) is 51.9 Å². The third kappa shape index (κ3) is 4.95. The molecule has 25 heavy (non-hydrogen) atoms. The van der Waals surface area contributed by atoms with Gasteiger partial charge in [-0.3, -0.25) is 0 Å². The number of carbonyl (C=O) groups excluding carboxylic acids is 1. The molecule has 0 spiro atoms. The van der Waals surface area contributed by atoms with Gasteiger partial charge in [-0.2, -0.15) is 0 Å². The van der Waals surface area contributed by atoms with E-state index >= 15 is 0 Å². The molecule has 2 fully saturated rings. The van der Waals surface area contributed by atoms with Gasteiger partial charge in [0, 0.05) is 19.1 Å². The number of ether oxygens (including phenoxy) is 2. The van der Waals surface area contributed by atoms with Crippen LogP contribution in [0.5, 0.6) is 0 Å². The highest BCUT2D eigenvalue weighted by Gasteiger charge is 2.35. The van der Waals surface area contributed by atoms with Crippen molar-refractivity contribution in [1.82, 2.24) is 10.2 Å². The number of benzene rings is 1. The Kier molecular flexibility index (Phi) is 5.97. The molecule has 1 aromatic carbocycles. The molecule has 2 unspecified atom stereocenters. The van der Waals surface area contributed by atoms with Crippen LogP contribution in [0, 0.1) is 5.41 Å². The Balaban J connectivity index is 1.43. The van der Waals surface area contributed by atoms with E-state index in [1.807, 2.05) is 30.3 Å². The van der Waals surface area contributed by atoms with Crippen molar-refractivity contribution in [3.05, 3.63) is 35.9 Å². The molecule has 1 saturated heterocycles. The minimum absolute atomic E-state index is 0.0365. The van der Waals surface area contributed by atoms with Gasteiger partial charge >= 0.3 is 6.09 Å². The Labute approximate surface area is 150 Å². The quantitative estimate of drug-likeness (QED) is 0.890. The Morgan fingerprint density at radius 2 is 2.16 bits per heavy atom. The lowest BCUT2D eigenvalue weighted by molar-refractivity contribution is -0.0290. The van der Waals surface area contributed by atoms with Gasteiger partial charge in [0.25, 0.3) is 0 Å². The zero-order chi connectivity index (χ0) is 17.7. The van der Waals surface area contributed by atoms with Crippen molar-refractivity contribution < 1.29 is 14.3 Å². The predicted octanol–water partition coefficient (Wildman–Crippen LogP) is 3.19. The number of hydrogen-bond acceptors (Lipinski definition) is 4. The zero-order valence-corrected chi connectivity index (χ0v) is 15.4. The molecule has 1 N–H and O–H groups in total. The summed E-state index contributed by atoms with van der Waals surface area (Å²) in [4.78, 5) is 14.1. The number of amides is 1. The number of nitrogens with one attached hydrogen (secondary N) is 1. The van der Waals surface area contributed by atoms with Crippen LogP contribution in [-0.4, -0.2) is 49.4 Å². The smallest absolute Gasteiger partial charge is 0.410 e. The third-order valence-electron chi connectivity index (χ3n) is 5.45. The van der Waals surface area contributed by atoms with Gasteiger partial charge in [0.05, 0.1) is 19.3 Å². The van der Waals surface area contributed by atoms with E-state index in [-0.39, 0.29) is 12.2 Å². The van der Waals surface area contributed by atoms with E-state index in [2.05, 4.69) is 19.2 Å². The predicted molar refractivity (Wildman–Crippen MR) is 97.4 cm³/mol. The lowest BCUT2D eigenvalue weighted by Gasteiger charge is -2.34. The number of morpholine rings is 1. The van der Waals surface area contributed by atoms with Crippen LogP contribution in [0.3, 0.4) is 0 Å². The fourth-order valence-electron chi connectivity index (χ4n) is 3.80. The first-order valence-electron chi connectivity index (χ1n) is 9.35. The summed E-state index contributed by atoms with van der Waals surface area (Å²) in [5.74, 6) is 0. The van der Waals surface area contributed by atoms with Crippen LogP contribution in [0.15, 0.2) is 30.3 Å². The molecule has 1 aliphatic carbocycles. The molecule has 0 aromatic heterocycles. The summed E-state index contributed by atoms with van der Waals surface area (Å²) in [6, 6.07) is 10.3. The molecule has 5 nitrogen and oxygen atoms in total. The van der Waals surface area contributed by atoms with Crippen LogP contribution in [0.4, 0.5) is 4.79 Å². The van der Waals surface area contributed by atoms with E-state index in [0.717, 1.165) is 12.1 Å². The van der Waals surface area contributed by atoms with Crippen LogP contribution >= 0.6 is 0 Å². The molecule has 2 aliphatic rings. The number of hydrogen-bond donors (Lipinski definition) is 1. The van der Waals surface area contributed by atoms with Crippen LogP contribution < -0.4 is 5.32 Å². The topological polar surface area (TPSA) is 50.8 Å². The van der Waals surface area contributed by atoms with Gasteiger partial charge in [0.2, 0.25) is 0 Å². The van der Waals surface area contributed by atoms with Crippen molar-refractivity contribution in [3.63, 3.8) is 0 Å². The zero-order valence-electron chi connectivity index (χ0n) is 15.4. The maximum atomic E-state index is 12.3. The lowest BCUT2D eigenvalue weighted by atomic mass is 9.87. The maximum Gasteiger partial charge on any atom is 0.410 e. The molecule has 1 amide bonds. The Morgan fingerprint density at radius 1 is 1.36 bits per heavy atom. The first-order chi connectivity index (χ1) is 12.0. The largest absolute Gasteiger partial charge is 0.445 e. The van der Waals surface area contributed by atoms with E-state index in [1.54, 1.807) is 4.90 Å². The van der Waals surface area contributed by atoms with E-state index in [0.29, 0.717) is 37.8 Å². The molecule has 2 atom stereocenters. The minimum atomic E-state index is -0.252. The first-order valence-corrected chi connectivity index (χ1v) is 9.35. The van der Waals surface area contributed by atoms with Crippen LogP contribution in [0.2, 0.25) is 0 Å². The van der Waals surface area contributed by atoms with E-state index < -0.39 is 0 Å². The van der Waals surface area contributed by atoms with Crippen molar-refractivity contribution in [3.8, 4) is 0 Å².